The van der Waals surface area contributed by atoms with Crippen LogP contribution in [0.3, 0.4) is 0 Å². The first-order valence-electron chi connectivity index (χ1n) is 4.63. The van der Waals surface area contributed by atoms with E-state index in [-0.39, 0.29) is 5.78 Å². The fourth-order valence-electron chi connectivity index (χ4n) is 1.44. The number of carbonyl (C=O) groups excluding carboxylic acids is 1. The van der Waals surface area contributed by atoms with Crippen LogP contribution in [-0.4, -0.2) is 13.9 Å². The van der Waals surface area contributed by atoms with Gasteiger partial charge in [-0.1, -0.05) is 37.3 Å². The van der Waals surface area contributed by atoms with E-state index >= 15 is 0 Å². The molecule has 0 radical (unpaired) electrons. The first-order valence-corrected chi connectivity index (χ1v) is 8.51. The van der Waals surface area contributed by atoms with Crippen molar-refractivity contribution in [3.63, 3.8) is 0 Å². The molecule has 0 aliphatic heterocycles. The summed E-state index contributed by atoms with van der Waals surface area (Å²) in [6, 6.07) is 5.55. The highest BCUT2D eigenvalue weighted by molar-refractivity contribution is 6.89. The maximum Gasteiger partial charge on any atom is 0.159 e. The highest BCUT2D eigenvalue weighted by atomic mass is 35.5. The van der Waals surface area contributed by atoms with Gasteiger partial charge in [0.15, 0.2) is 5.78 Å². The lowest BCUT2D eigenvalue weighted by Gasteiger charge is -2.20. The van der Waals surface area contributed by atoms with Gasteiger partial charge in [0.25, 0.3) is 0 Å². The molecule has 0 saturated carbocycles. The topological polar surface area (TPSA) is 17.1 Å². The maximum absolute atomic E-state index is 11.4. The van der Waals surface area contributed by atoms with Gasteiger partial charge in [0.1, 0.15) is 0 Å². The van der Waals surface area contributed by atoms with E-state index in [1.54, 1.807) is 13.0 Å². The van der Waals surface area contributed by atoms with Crippen LogP contribution in [0, 0.1) is 0 Å². The zero-order valence-corrected chi connectivity index (χ0v) is 10.8. The Morgan fingerprint density at radius 1 is 1.29 bits per heavy atom. The molecule has 0 aliphatic rings. The van der Waals surface area contributed by atoms with E-state index < -0.39 is 8.07 Å². The quantitative estimate of drug-likeness (QED) is 0.560. The molecule has 0 N–H and O–H groups in total. The number of carbonyl (C=O) groups is 1. The third kappa shape index (κ3) is 2.46. The monoisotopic (exact) mass is 226 g/mol. The molecule has 1 rings (SSSR count). The smallest absolute Gasteiger partial charge is 0.159 e. The van der Waals surface area contributed by atoms with E-state index in [0.717, 1.165) is 10.8 Å². The summed E-state index contributed by atoms with van der Waals surface area (Å²) in [6.45, 7) is 8.24. The van der Waals surface area contributed by atoms with Gasteiger partial charge in [-0.3, -0.25) is 4.79 Å². The summed E-state index contributed by atoms with van der Waals surface area (Å²) in [5.41, 5.74) is 0.827. The van der Waals surface area contributed by atoms with Crippen LogP contribution in [0.4, 0.5) is 0 Å². The molecular weight excluding hydrogens is 212 g/mol. The average molecular weight is 227 g/mol. The van der Waals surface area contributed by atoms with Crippen LogP contribution in [0.1, 0.15) is 17.3 Å². The first kappa shape index (κ1) is 11.5. The second-order valence-corrected chi connectivity index (χ2v) is 9.97. The summed E-state index contributed by atoms with van der Waals surface area (Å²) >= 11 is 5.94. The van der Waals surface area contributed by atoms with Crippen LogP contribution in [0.25, 0.3) is 0 Å². The molecular formula is C11H15ClOSi. The average Bonchev–Trinajstić information content (AvgIpc) is 2.01. The molecule has 0 amide bonds. The van der Waals surface area contributed by atoms with Gasteiger partial charge >= 0.3 is 0 Å². The zero-order valence-electron chi connectivity index (χ0n) is 9.02. The summed E-state index contributed by atoms with van der Waals surface area (Å²) in [4.78, 5) is 11.4. The fourth-order valence-corrected chi connectivity index (χ4v) is 3.36. The van der Waals surface area contributed by atoms with Crippen molar-refractivity contribution in [2.45, 2.75) is 26.6 Å². The lowest BCUT2D eigenvalue weighted by Crippen LogP contribution is -2.41. The summed E-state index contributed by atoms with van der Waals surface area (Å²) in [6.07, 6.45) is 0. The summed E-state index contributed by atoms with van der Waals surface area (Å²) < 4.78 is 0. The van der Waals surface area contributed by atoms with Crippen molar-refractivity contribution in [2.75, 3.05) is 0 Å². The molecule has 0 saturated heterocycles. The summed E-state index contributed by atoms with van der Waals surface area (Å²) in [7, 11) is -1.48. The van der Waals surface area contributed by atoms with Crippen molar-refractivity contribution in [3.05, 3.63) is 28.8 Å². The lowest BCUT2D eigenvalue weighted by molar-refractivity contribution is 0.101. The molecule has 1 nitrogen and oxygen atoms in total. The molecule has 0 atom stereocenters. The van der Waals surface area contributed by atoms with Crippen molar-refractivity contribution < 1.29 is 4.79 Å². The molecule has 0 aromatic heterocycles. The minimum absolute atomic E-state index is 0.124. The van der Waals surface area contributed by atoms with Crippen molar-refractivity contribution in [3.8, 4) is 0 Å². The highest BCUT2D eigenvalue weighted by Crippen LogP contribution is 2.13. The van der Waals surface area contributed by atoms with Gasteiger partial charge in [0.2, 0.25) is 0 Å². The molecule has 0 bridgehead atoms. The van der Waals surface area contributed by atoms with E-state index in [0.29, 0.717) is 5.02 Å². The molecule has 0 fully saturated rings. The number of Topliss-reactive ketones (excluding diaryl/α,β-unsaturated/α-hetero) is 1. The van der Waals surface area contributed by atoms with Crippen LogP contribution in [-0.2, 0) is 0 Å². The molecule has 3 heteroatoms. The standard InChI is InChI=1S/C11H15ClOSi/c1-8(13)10-6-5-9(12)7-11(10)14(2,3)4/h5-7H,1-4H3. The minimum Gasteiger partial charge on any atom is -0.295 e. The van der Waals surface area contributed by atoms with Crippen molar-refractivity contribution >= 4 is 30.6 Å². The van der Waals surface area contributed by atoms with Gasteiger partial charge in [0, 0.05) is 10.6 Å². The Morgan fingerprint density at radius 2 is 1.86 bits per heavy atom. The van der Waals surface area contributed by atoms with Crippen molar-refractivity contribution in [2.24, 2.45) is 0 Å². The van der Waals surface area contributed by atoms with E-state index in [4.69, 9.17) is 11.6 Å². The fraction of sp³-hybridized carbons (Fsp3) is 0.364. The van der Waals surface area contributed by atoms with Gasteiger partial charge < -0.3 is 0 Å². The Bertz CT molecular complexity index is 366. The zero-order chi connectivity index (χ0) is 10.9. The normalized spacial score (nSPS) is 11.5. The Kier molecular flexibility index (Phi) is 3.17. The Hall–Kier alpha value is -0.603. The molecule has 0 heterocycles. The molecule has 0 aliphatic carbocycles. The number of benzene rings is 1. The summed E-state index contributed by atoms with van der Waals surface area (Å²) in [5, 5.41) is 1.87. The number of ketones is 1. The van der Waals surface area contributed by atoms with Gasteiger partial charge in [-0.25, -0.2) is 0 Å². The van der Waals surface area contributed by atoms with Crippen LogP contribution < -0.4 is 5.19 Å². The van der Waals surface area contributed by atoms with Gasteiger partial charge in [0.05, 0.1) is 8.07 Å². The maximum atomic E-state index is 11.4. The molecule has 1 aromatic rings. The van der Waals surface area contributed by atoms with Gasteiger partial charge in [-0.05, 0) is 24.2 Å². The van der Waals surface area contributed by atoms with Crippen molar-refractivity contribution in [1.82, 2.24) is 0 Å². The van der Waals surface area contributed by atoms with Crippen LogP contribution in [0.15, 0.2) is 18.2 Å². The van der Waals surface area contributed by atoms with E-state index in [9.17, 15) is 4.79 Å². The SMILES string of the molecule is CC(=O)c1ccc(Cl)cc1[Si](C)(C)C. The van der Waals surface area contributed by atoms with Gasteiger partial charge in [-0.15, -0.1) is 0 Å². The van der Waals surface area contributed by atoms with E-state index in [2.05, 4.69) is 19.6 Å². The van der Waals surface area contributed by atoms with Crippen molar-refractivity contribution in [1.29, 1.82) is 0 Å². The van der Waals surface area contributed by atoms with Gasteiger partial charge in [-0.2, -0.15) is 0 Å². The minimum atomic E-state index is -1.48. The van der Waals surface area contributed by atoms with Crippen LogP contribution in [0.5, 0.6) is 0 Å². The number of hydrogen-bond acceptors (Lipinski definition) is 1. The molecule has 0 spiro atoms. The van der Waals surface area contributed by atoms with Crippen LogP contribution >= 0.6 is 11.6 Å². The second-order valence-electron chi connectivity index (χ2n) is 4.50. The van der Waals surface area contributed by atoms with Crippen LogP contribution in [0.2, 0.25) is 24.7 Å². The Morgan fingerprint density at radius 3 is 2.29 bits per heavy atom. The Labute approximate surface area is 91.1 Å². The lowest BCUT2D eigenvalue weighted by atomic mass is 10.1. The molecule has 0 unspecified atom stereocenters. The predicted molar refractivity (Wildman–Crippen MR) is 64.4 cm³/mol. The molecule has 14 heavy (non-hydrogen) atoms. The predicted octanol–water partition coefficient (Wildman–Crippen LogP) is 3.09. The second kappa shape index (κ2) is 3.87. The largest absolute Gasteiger partial charge is 0.295 e. The third-order valence-electron chi connectivity index (χ3n) is 2.17. The number of rotatable bonds is 2. The number of hydrogen-bond donors (Lipinski definition) is 0. The summed E-state index contributed by atoms with van der Waals surface area (Å²) in [5.74, 6) is 0.124. The first-order chi connectivity index (χ1) is 6.32. The van der Waals surface area contributed by atoms with E-state index in [1.165, 1.54) is 0 Å². The molecule has 1 aromatic carbocycles. The highest BCUT2D eigenvalue weighted by Gasteiger charge is 2.21. The Balaban J connectivity index is 3.38. The third-order valence-corrected chi connectivity index (χ3v) is 4.43. The molecule has 76 valence electrons. The number of halogens is 1. The van der Waals surface area contributed by atoms with E-state index in [1.807, 2.05) is 12.1 Å².